The fourth-order valence-corrected chi connectivity index (χ4v) is 8.86. The third-order valence-corrected chi connectivity index (χ3v) is 11.0. The average molecular weight is 634 g/mol. The molecule has 10 aromatic rings. The summed E-state index contributed by atoms with van der Waals surface area (Å²) < 4.78 is 2.45. The van der Waals surface area contributed by atoms with Crippen molar-refractivity contribution in [1.29, 1.82) is 0 Å². The van der Waals surface area contributed by atoms with Gasteiger partial charge in [0.15, 0.2) is 0 Å². The van der Waals surface area contributed by atoms with Gasteiger partial charge in [0.25, 0.3) is 0 Å². The minimum Gasteiger partial charge on any atom is -0.309 e. The van der Waals surface area contributed by atoms with Crippen LogP contribution in [0.25, 0.3) is 82.1 Å². The number of para-hydroxylation sites is 1. The molecule has 1 aromatic heterocycles. The van der Waals surface area contributed by atoms with Gasteiger partial charge in [-0.3, -0.25) is 0 Å². The number of rotatable bonds is 3. The molecule has 232 valence electrons. The Morgan fingerprint density at radius 1 is 0.320 bits per heavy atom. The minimum atomic E-state index is 0.231. The Bertz CT molecular complexity index is 2950. The van der Waals surface area contributed by atoms with Crippen molar-refractivity contribution in [2.45, 2.75) is 5.92 Å². The number of benzene rings is 9. The molecule has 1 heteroatoms. The van der Waals surface area contributed by atoms with E-state index in [0.717, 1.165) is 0 Å². The summed E-state index contributed by atoms with van der Waals surface area (Å²) in [5, 5.41) is 10.3. The largest absolute Gasteiger partial charge is 0.309 e. The van der Waals surface area contributed by atoms with Crippen LogP contribution >= 0.6 is 0 Å². The van der Waals surface area contributed by atoms with E-state index >= 15 is 0 Å². The zero-order valence-electron chi connectivity index (χ0n) is 27.3. The number of aromatic nitrogens is 1. The molecule has 1 unspecified atom stereocenters. The van der Waals surface area contributed by atoms with Crippen molar-refractivity contribution >= 4 is 54.1 Å². The SMILES string of the molecule is c1ccc(C2c3ccccc3-c3ccc(-c4ccc5c(c4)c4ccccc4n5-c4ccc5c6ccccc6c6ccccc6c5c4)cc32)cc1. The molecule has 0 bridgehead atoms. The van der Waals surface area contributed by atoms with Crippen LogP contribution in [0.15, 0.2) is 182 Å². The smallest absolute Gasteiger partial charge is 0.0541 e. The molecule has 11 rings (SSSR count). The van der Waals surface area contributed by atoms with Crippen molar-refractivity contribution in [3.05, 3.63) is 199 Å². The van der Waals surface area contributed by atoms with E-state index in [9.17, 15) is 0 Å². The maximum atomic E-state index is 2.45. The Labute approximate surface area is 290 Å². The predicted molar refractivity (Wildman–Crippen MR) is 212 cm³/mol. The fourth-order valence-electron chi connectivity index (χ4n) is 8.86. The second-order valence-electron chi connectivity index (χ2n) is 13.6. The molecule has 50 heavy (non-hydrogen) atoms. The van der Waals surface area contributed by atoms with Gasteiger partial charge in [-0.25, -0.2) is 0 Å². The van der Waals surface area contributed by atoms with Gasteiger partial charge in [0.2, 0.25) is 0 Å². The van der Waals surface area contributed by atoms with E-state index in [1.54, 1.807) is 0 Å². The maximum absolute atomic E-state index is 2.45. The van der Waals surface area contributed by atoms with Crippen LogP contribution in [0.3, 0.4) is 0 Å². The molecule has 0 spiro atoms. The van der Waals surface area contributed by atoms with Gasteiger partial charge in [-0.1, -0.05) is 146 Å². The number of fused-ring (bicyclic) bond motifs is 12. The Morgan fingerprint density at radius 3 is 1.66 bits per heavy atom. The maximum Gasteiger partial charge on any atom is 0.0541 e. The molecule has 0 saturated carbocycles. The molecule has 0 fully saturated rings. The number of hydrogen-bond donors (Lipinski definition) is 0. The summed E-state index contributed by atoms with van der Waals surface area (Å²) in [6.45, 7) is 0. The van der Waals surface area contributed by atoms with Crippen LogP contribution < -0.4 is 0 Å². The second-order valence-corrected chi connectivity index (χ2v) is 13.6. The van der Waals surface area contributed by atoms with Crippen LogP contribution in [0.5, 0.6) is 0 Å². The Morgan fingerprint density at radius 2 is 0.880 bits per heavy atom. The molecule has 0 N–H and O–H groups in total. The lowest BCUT2D eigenvalue weighted by Crippen LogP contribution is -1.99. The third kappa shape index (κ3) is 3.89. The van der Waals surface area contributed by atoms with Crippen molar-refractivity contribution in [2.75, 3.05) is 0 Å². The molecule has 1 atom stereocenters. The van der Waals surface area contributed by atoms with Gasteiger partial charge < -0.3 is 4.57 Å². The van der Waals surface area contributed by atoms with Crippen LogP contribution in [0.2, 0.25) is 0 Å². The van der Waals surface area contributed by atoms with Crippen molar-refractivity contribution in [1.82, 2.24) is 4.57 Å². The van der Waals surface area contributed by atoms with Crippen LogP contribution in [-0.2, 0) is 0 Å². The first kappa shape index (κ1) is 27.5. The highest BCUT2D eigenvalue weighted by atomic mass is 15.0. The Hall–Kier alpha value is -6.44. The van der Waals surface area contributed by atoms with Crippen molar-refractivity contribution in [2.24, 2.45) is 0 Å². The lowest BCUT2D eigenvalue weighted by Gasteiger charge is -2.15. The highest BCUT2D eigenvalue weighted by Crippen LogP contribution is 2.49. The van der Waals surface area contributed by atoms with E-state index in [2.05, 4.69) is 187 Å². The summed E-state index contributed by atoms with van der Waals surface area (Å²) >= 11 is 0. The molecule has 0 saturated heterocycles. The molecular formula is C49H31N. The van der Waals surface area contributed by atoms with Gasteiger partial charge in [-0.2, -0.15) is 0 Å². The first-order chi connectivity index (χ1) is 24.8. The standard InChI is InChI=1S/C49H31N/c1-2-12-31(13-3-1)49-43-20-9-8-17-38(43)41-25-22-32(29-46(41)49)33-23-27-48-45(28-33)42-19-10-11-21-47(42)50(48)34-24-26-40-37-16-5-4-14-35(37)36-15-6-7-18-39(36)44(40)30-34/h1-30,49H. The van der Waals surface area contributed by atoms with E-state index in [1.807, 2.05) is 0 Å². The van der Waals surface area contributed by atoms with Gasteiger partial charge in [0.05, 0.1) is 11.0 Å². The van der Waals surface area contributed by atoms with Crippen LogP contribution in [0, 0.1) is 0 Å². The molecular weight excluding hydrogens is 603 g/mol. The molecule has 1 aliphatic carbocycles. The van der Waals surface area contributed by atoms with Gasteiger partial charge in [-0.15, -0.1) is 0 Å². The molecule has 1 aliphatic rings. The normalized spacial score (nSPS) is 13.8. The number of nitrogens with zero attached hydrogens (tertiary/aromatic N) is 1. The highest BCUT2D eigenvalue weighted by Gasteiger charge is 2.30. The summed E-state index contributed by atoms with van der Waals surface area (Å²) in [4.78, 5) is 0. The quantitative estimate of drug-likeness (QED) is 0.171. The lowest BCUT2D eigenvalue weighted by atomic mass is 9.88. The molecule has 1 heterocycles. The highest BCUT2D eigenvalue weighted by molar-refractivity contribution is 6.25. The summed E-state index contributed by atoms with van der Waals surface area (Å²) in [6, 6.07) is 67.5. The van der Waals surface area contributed by atoms with E-state index in [1.165, 1.54) is 98.8 Å². The van der Waals surface area contributed by atoms with Crippen LogP contribution in [0.1, 0.15) is 22.6 Å². The van der Waals surface area contributed by atoms with Gasteiger partial charge in [0.1, 0.15) is 0 Å². The Balaban J connectivity index is 1.10. The predicted octanol–water partition coefficient (Wildman–Crippen LogP) is 13.1. The van der Waals surface area contributed by atoms with Crippen molar-refractivity contribution in [3.8, 4) is 27.9 Å². The van der Waals surface area contributed by atoms with Crippen molar-refractivity contribution < 1.29 is 0 Å². The van der Waals surface area contributed by atoms with Crippen LogP contribution in [0.4, 0.5) is 0 Å². The molecule has 0 aliphatic heterocycles. The first-order valence-electron chi connectivity index (χ1n) is 17.5. The van der Waals surface area contributed by atoms with E-state index in [0.29, 0.717) is 0 Å². The monoisotopic (exact) mass is 633 g/mol. The summed E-state index contributed by atoms with van der Waals surface area (Å²) in [5.74, 6) is 0.231. The molecule has 1 nitrogen and oxygen atoms in total. The van der Waals surface area contributed by atoms with Crippen molar-refractivity contribution in [3.63, 3.8) is 0 Å². The first-order valence-corrected chi connectivity index (χ1v) is 17.5. The van der Waals surface area contributed by atoms with E-state index < -0.39 is 0 Å². The summed E-state index contributed by atoms with van der Waals surface area (Å²) in [7, 11) is 0. The zero-order valence-corrected chi connectivity index (χ0v) is 27.3. The van der Waals surface area contributed by atoms with Gasteiger partial charge in [0, 0.05) is 22.4 Å². The third-order valence-electron chi connectivity index (χ3n) is 11.0. The van der Waals surface area contributed by atoms with Gasteiger partial charge in [-0.05, 0) is 108 Å². The number of hydrogen-bond acceptors (Lipinski definition) is 0. The summed E-state index contributed by atoms with van der Waals surface area (Å²) in [6.07, 6.45) is 0. The van der Waals surface area contributed by atoms with Crippen LogP contribution in [-0.4, -0.2) is 4.57 Å². The fraction of sp³-hybridized carbons (Fsp3) is 0.0204. The Kier molecular flexibility index (Phi) is 5.79. The zero-order chi connectivity index (χ0) is 32.8. The molecule has 9 aromatic carbocycles. The second kappa shape index (κ2) is 10.5. The molecule has 0 amide bonds. The lowest BCUT2D eigenvalue weighted by molar-refractivity contribution is 1.02. The minimum absolute atomic E-state index is 0.231. The van der Waals surface area contributed by atoms with Gasteiger partial charge >= 0.3 is 0 Å². The topological polar surface area (TPSA) is 4.93 Å². The van der Waals surface area contributed by atoms with E-state index in [-0.39, 0.29) is 5.92 Å². The summed E-state index contributed by atoms with van der Waals surface area (Å²) in [5.41, 5.74) is 12.9. The van der Waals surface area contributed by atoms with E-state index in [4.69, 9.17) is 0 Å². The molecule has 0 radical (unpaired) electrons. The average Bonchev–Trinajstić information content (AvgIpc) is 3.70.